The molecule has 120 valence electrons. The Morgan fingerprint density at radius 1 is 1.26 bits per heavy atom. The fraction of sp³-hybridized carbons (Fsp3) is 0.278. The molecule has 3 rings (SSSR count). The zero-order valence-electron chi connectivity index (χ0n) is 13.1. The van der Waals surface area contributed by atoms with Crippen molar-refractivity contribution in [1.82, 2.24) is 4.90 Å². The number of carbonyl (C=O) groups is 1. The Morgan fingerprint density at radius 2 is 2.04 bits per heavy atom. The molecule has 0 saturated carbocycles. The van der Waals surface area contributed by atoms with Gasteiger partial charge in [0.05, 0.1) is 5.56 Å². The first-order valence-corrected chi connectivity index (χ1v) is 8.74. The van der Waals surface area contributed by atoms with Crippen molar-refractivity contribution in [3.05, 3.63) is 62.6 Å². The molecule has 2 aromatic carbocycles. The predicted octanol–water partition coefficient (Wildman–Crippen LogP) is 5.08. The summed E-state index contributed by atoms with van der Waals surface area (Å²) in [5.41, 5.74) is 3.89. The molecule has 23 heavy (non-hydrogen) atoms. The highest BCUT2D eigenvalue weighted by Crippen LogP contribution is 2.31. The van der Waals surface area contributed by atoms with Gasteiger partial charge in [-0.05, 0) is 65.2 Å². The normalized spacial score (nSPS) is 14.1. The number of hydrogen-bond acceptors (Lipinski definition) is 2. The zero-order chi connectivity index (χ0) is 16.6. The standard InChI is InChI=1S/C18H18BrClN2O/c1-11(2)22-9-12-4-3-5-17(15(12)10-22)21-18(23)14-8-13(20)6-7-16(14)19/h3-8,11H,9-10H2,1-2H3,(H,21,23). The summed E-state index contributed by atoms with van der Waals surface area (Å²) in [4.78, 5) is 15.0. The van der Waals surface area contributed by atoms with Crippen LogP contribution in [0.1, 0.15) is 35.3 Å². The molecule has 1 aliphatic rings. The third kappa shape index (κ3) is 3.44. The third-order valence-electron chi connectivity index (χ3n) is 4.16. The summed E-state index contributed by atoms with van der Waals surface area (Å²) >= 11 is 9.41. The van der Waals surface area contributed by atoms with Crippen LogP contribution in [0.2, 0.25) is 5.02 Å². The Hall–Kier alpha value is -1.36. The lowest BCUT2D eigenvalue weighted by Gasteiger charge is -2.19. The minimum atomic E-state index is -0.157. The molecule has 0 aromatic heterocycles. The molecule has 1 aliphatic heterocycles. The summed E-state index contributed by atoms with van der Waals surface area (Å²) in [6.45, 7) is 6.16. The molecule has 1 amide bonds. The molecule has 0 spiro atoms. The molecule has 1 heterocycles. The van der Waals surface area contributed by atoms with Gasteiger partial charge in [-0.1, -0.05) is 23.7 Å². The van der Waals surface area contributed by atoms with Crippen LogP contribution in [0.15, 0.2) is 40.9 Å². The number of benzene rings is 2. The van der Waals surface area contributed by atoms with Gasteiger partial charge in [0.1, 0.15) is 0 Å². The first-order chi connectivity index (χ1) is 11.0. The van der Waals surface area contributed by atoms with Crippen LogP contribution in [0.25, 0.3) is 0 Å². The van der Waals surface area contributed by atoms with E-state index in [4.69, 9.17) is 11.6 Å². The minimum Gasteiger partial charge on any atom is -0.322 e. The molecule has 5 heteroatoms. The zero-order valence-corrected chi connectivity index (χ0v) is 15.4. The fourth-order valence-corrected chi connectivity index (χ4v) is 3.39. The van der Waals surface area contributed by atoms with Crippen LogP contribution in [0, 0.1) is 0 Å². The van der Waals surface area contributed by atoms with Crippen molar-refractivity contribution in [1.29, 1.82) is 0 Å². The number of hydrogen-bond donors (Lipinski definition) is 1. The van der Waals surface area contributed by atoms with E-state index in [0.717, 1.165) is 23.2 Å². The van der Waals surface area contributed by atoms with Crippen molar-refractivity contribution >= 4 is 39.1 Å². The molecule has 0 radical (unpaired) electrons. The Labute approximate surface area is 149 Å². The SMILES string of the molecule is CC(C)N1Cc2cccc(NC(=O)c3cc(Cl)ccc3Br)c2C1. The van der Waals surface area contributed by atoms with Gasteiger partial charge >= 0.3 is 0 Å². The van der Waals surface area contributed by atoms with E-state index in [2.05, 4.69) is 46.1 Å². The van der Waals surface area contributed by atoms with Crippen LogP contribution in [0.4, 0.5) is 5.69 Å². The molecule has 0 unspecified atom stereocenters. The van der Waals surface area contributed by atoms with Gasteiger partial charge in [-0.15, -0.1) is 0 Å². The van der Waals surface area contributed by atoms with Gasteiger partial charge in [-0.3, -0.25) is 9.69 Å². The van der Waals surface area contributed by atoms with E-state index in [1.54, 1.807) is 18.2 Å². The van der Waals surface area contributed by atoms with Crippen LogP contribution < -0.4 is 5.32 Å². The summed E-state index contributed by atoms with van der Waals surface area (Å²) in [5.74, 6) is -0.157. The number of fused-ring (bicyclic) bond motifs is 1. The lowest BCUT2D eigenvalue weighted by Crippen LogP contribution is -2.24. The van der Waals surface area contributed by atoms with Crippen molar-refractivity contribution in [2.45, 2.75) is 33.0 Å². The van der Waals surface area contributed by atoms with Crippen LogP contribution in [0.5, 0.6) is 0 Å². The second kappa shape index (κ2) is 6.63. The second-order valence-electron chi connectivity index (χ2n) is 6.02. The van der Waals surface area contributed by atoms with Crippen LogP contribution in [0.3, 0.4) is 0 Å². The Bertz CT molecular complexity index is 761. The highest BCUT2D eigenvalue weighted by atomic mass is 79.9. The van der Waals surface area contributed by atoms with Gasteiger partial charge in [0.25, 0.3) is 5.91 Å². The third-order valence-corrected chi connectivity index (χ3v) is 5.09. The topological polar surface area (TPSA) is 32.3 Å². The molecule has 0 aliphatic carbocycles. The Morgan fingerprint density at radius 3 is 2.78 bits per heavy atom. The van der Waals surface area contributed by atoms with Crippen LogP contribution in [-0.2, 0) is 13.1 Å². The molecule has 0 atom stereocenters. The monoisotopic (exact) mass is 392 g/mol. The van der Waals surface area contributed by atoms with Gasteiger partial charge in [0.2, 0.25) is 0 Å². The first kappa shape index (κ1) is 16.5. The lowest BCUT2D eigenvalue weighted by atomic mass is 10.1. The molecule has 1 N–H and O–H groups in total. The highest BCUT2D eigenvalue weighted by molar-refractivity contribution is 9.10. The number of carbonyl (C=O) groups excluding carboxylic acids is 1. The molecule has 0 fully saturated rings. The largest absolute Gasteiger partial charge is 0.322 e. The lowest BCUT2D eigenvalue weighted by molar-refractivity contribution is 0.102. The van der Waals surface area contributed by atoms with E-state index in [-0.39, 0.29) is 5.91 Å². The summed E-state index contributed by atoms with van der Waals surface area (Å²) in [7, 11) is 0. The number of nitrogens with zero attached hydrogens (tertiary/aromatic N) is 1. The first-order valence-electron chi connectivity index (χ1n) is 7.57. The number of nitrogens with one attached hydrogen (secondary N) is 1. The smallest absolute Gasteiger partial charge is 0.256 e. The van der Waals surface area contributed by atoms with E-state index in [1.807, 2.05) is 12.1 Å². The van der Waals surface area contributed by atoms with Crippen molar-refractivity contribution in [3.63, 3.8) is 0 Å². The van der Waals surface area contributed by atoms with E-state index in [0.29, 0.717) is 16.6 Å². The van der Waals surface area contributed by atoms with Crippen molar-refractivity contribution < 1.29 is 4.79 Å². The Kier molecular flexibility index (Phi) is 4.76. The van der Waals surface area contributed by atoms with Gasteiger partial charge in [0, 0.05) is 34.3 Å². The number of halogens is 2. The second-order valence-corrected chi connectivity index (χ2v) is 7.31. The average molecular weight is 394 g/mol. The fourth-order valence-electron chi connectivity index (χ4n) is 2.79. The van der Waals surface area contributed by atoms with Gasteiger partial charge in [-0.25, -0.2) is 0 Å². The summed E-state index contributed by atoms with van der Waals surface area (Å²) in [6.07, 6.45) is 0. The Balaban J connectivity index is 1.86. The molecule has 0 bridgehead atoms. The quantitative estimate of drug-likeness (QED) is 0.789. The maximum absolute atomic E-state index is 12.6. The van der Waals surface area contributed by atoms with E-state index in [9.17, 15) is 4.79 Å². The molecule has 0 saturated heterocycles. The molecular formula is C18H18BrClN2O. The van der Waals surface area contributed by atoms with E-state index >= 15 is 0 Å². The minimum absolute atomic E-state index is 0.157. The summed E-state index contributed by atoms with van der Waals surface area (Å²) < 4.78 is 0.732. The van der Waals surface area contributed by atoms with E-state index < -0.39 is 0 Å². The van der Waals surface area contributed by atoms with Gasteiger partial charge in [-0.2, -0.15) is 0 Å². The number of anilines is 1. The van der Waals surface area contributed by atoms with Gasteiger partial charge in [0.15, 0.2) is 0 Å². The molecule has 2 aromatic rings. The maximum Gasteiger partial charge on any atom is 0.256 e. The van der Waals surface area contributed by atoms with Crippen molar-refractivity contribution in [3.8, 4) is 0 Å². The van der Waals surface area contributed by atoms with Crippen molar-refractivity contribution in [2.75, 3.05) is 5.32 Å². The molecule has 3 nitrogen and oxygen atoms in total. The van der Waals surface area contributed by atoms with E-state index in [1.165, 1.54) is 11.1 Å². The summed E-state index contributed by atoms with van der Waals surface area (Å²) in [5, 5.41) is 3.58. The average Bonchev–Trinajstić information content (AvgIpc) is 2.95. The highest BCUT2D eigenvalue weighted by Gasteiger charge is 2.24. The molecular weight excluding hydrogens is 376 g/mol. The van der Waals surface area contributed by atoms with Crippen LogP contribution in [-0.4, -0.2) is 16.8 Å². The van der Waals surface area contributed by atoms with Gasteiger partial charge < -0.3 is 5.32 Å². The predicted molar refractivity (Wildman–Crippen MR) is 97.9 cm³/mol. The van der Waals surface area contributed by atoms with Crippen molar-refractivity contribution in [2.24, 2.45) is 0 Å². The maximum atomic E-state index is 12.6. The summed E-state index contributed by atoms with van der Waals surface area (Å²) in [6, 6.07) is 11.8. The van der Waals surface area contributed by atoms with Crippen LogP contribution >= 0.6 is 27.5 Å². The number of rotatable bonds is 3. The number of amides is 1.